The molecule has 32 heavy (non-hydrogen) atoms. The second kappa shape index (κ2) is 10.1. The molecule has 0 aliphatic carbocycles. The van der Waals surface area contributed by atoms with Gasteiger partial charge in [-0.15, -0.1) is 16.8 Å². The summed E-state index contributed by atoms with van der Waals surface area (Å²) in [6, 6.07) is 8.48. The van der Waals surface area contributed by atoms with Crippen molar-refractivity contribution in [2.45, 2.75) is 23.5 Å². The van der Waals surface area contributed by atoms with Crippen molar-refractivity contribution in [1.29, 1.82) is 0 Å². The van der Waals surface area contributed by atoms with Crippen LogP contribution in [0.4, 0.5) is 5.69 Å². The zero-order valence-electron chi connectivity index (χ0n) is 18.0. The van der Waals surface area contributed by atoms with Crippen molar-refractivity contribution in [3.63, 3.8) is 0 Å². The Morgan fingerprint density at radius 2 is 1.94 bits per heavy atom. The highest BCUT2D eigenvalue weighted by Gasteiger charge is 2.21. The molecule has 3 aromatic rings. The van der Waals surface area contributed by atoms with E-state index in [4.69, 9.17) is 0 Å². The van der Waals surface area contributed by atoms with Gasteiger partial charge in [0.25, 0.3) is 0 Å². The summed E-state index contributed by atoms with van der Waals surface area (Å²) >= 11 is 1.24. The molecule has 0 aliphatic rings. The van der Waals surface area contributed by atoms with E-state index in [1.165, 1.54) is 31.9 Å². The summed E-state index contributed by atoms with van der Waals surface area (Å²) in [6.07, 6.45) is 5.08. The molecule has 0 aliphatic heterocycles. The second-order valence-electron chi connectivity index (χ2n) is 7.05. The van der Waals surface area contributed by atoms with Gasteiger partial charge in [0.2, 0.25) is 15.9 Å². The van der Waals surface area contributed by atoms with Gasteiger partial charge in [0, 0.05) is 44.3 Å². The number of anilines is 1. The molecule has 9 nitrogen and oxygen atoms in total. The van der Waals surface area contributed by atoms with E-state index in [0.717, 1.165) is 9.87 Å². The lowest BCUT2D eigenvalue weighted by Crippen LogP contribution is -2.23. The Balaban J connectivity index is 1.73. The number of thioether (sulfide) groups is 1. The first-order valence-electron chi connectivity index (χ1n) is 9.64. The van der Waals surface area contributed by atoms with E-state index in [0.29, 0.717) is 28.8 Å². The summed E-state index contributed by atoms with van der Waals surface area (Å²) < 4.78 is 28.0. The van der Waals surface area contributed by atoms with Gasteiger partial charge in [-0.2, -0.15) is 0 Å². The number of sulfonamides is 1. The molecule has 0 saturated carbocycles. The van der Waals surface area contributed by atoms with E-state index in [2.05, 4.69) is 27.1 Å². The molecule has 0 atom stereocenters. The molecule has 2 heterocycles. The van der Waals surface area contributed by atoms with Crippen LogP contribution in [0.15, 0.2) is 65.4 Å². The topological polar surface area (TPSA) is 110 Å². The average Bonchev–Trinajstić information content (AvgIpc) is 3.17. The van der Waals surface area contributed by atoms with Crippen molar-refractivity contribution in [2.75, 3.05) is 25.2 Å². The van der Waals surface area contributed by atoms with Crippen LogP contribution in [-0.4, -0.2) is 58.2 Å². The van der Waals surface area contributed by atoms with Crippen molar-refractivity contribution in [3.05, 3.63) is 60.9 Å². The predicted octanol–water partition coefficient (Wildman–Crippen LogP) is 2.82. The monoisotopic (exact) mass is 472 g/mol. The number of aryl methyl sites for hydroxylation is 1. The number of hydrogen-bond acceptors (Lipinski definition) is 7. The minimum atomic E-state index is -3.62. The highest BCUT2D eigenvalue weighted by molar-refractivity contribution is 7.99. The summed E-state index contributed by atoms with van der Waals surface area (Å²) in [7, 11) is -0.678. The third-order valence-corrected chi connectivity index (χ3v) is 7.45. The molecule has 0 unspecified atom stereocenters. The smallest absolute Gasteiger partial charge is 0.242 e. The zero-order chi connectivity index (χ0) is 23.3. The van der Waals surface area contributed by atoms with Crippen molar-refractivity contribution < 1.29 is 13.2 Å². The van der Waals surface area contributed by atoms with E-state index < -0.39 is 10.0 Å². The fourth-order valence-electron chi connectivity index (χ4n) is 2.88. The highest BCUT2D eigenvalue weighted by Crippen LogP contribution is 2.25. The van der Waals surface area contributed by atoms with Gasteiger partial charge >= 0.3 is 0 Å². The fraction of sp³-hybridized carbons (Fsp3) is 0.238. The summed E-state index contributed by atoms with van der Waals surface area (Å²) in [6.45, 7) is 5.98. The van der Waals surface area contributed by atoms with Crippen LogP contribution in [-0.2, 0) is 21.4 Å². The summed E-state index contributed by atoms with van der Waals surface area (Å²) in [5, 5.41) is 11.8. The maximum Gasteiger partial charge on any atom is 0.242 e. The Hall–Kier alpha value is -3.02. The maximum atomic E-state index is 12.5. The number of allylic oxidation sites excluding steroid dienone is 1. The van der Waals surface area contributed by atoms with Gasteiger partial charge in [0.05, 0.1) is 10.6 Å². The van der Waals surface area contributed by atoms with Gasteiger partial charge in [0.15, 0.2) is 11.0 Å². The van der Waals surface area contributed by atoms with Gasteiger partial charge < -0.3 is 5.32 Å². The first-order chi connectivity index (χ1) is 15.2. The van der Waals surface area contributed by atoms with Gasteiger partial charge in [-0.1, -0.05) is 23.9 Å². The lowest BCUT2D eigenvalue weighted by atomic mass is 10.2. The van der Waals surface area contributed by atoms with Crippen molar-refractivity contribution in [2.24, 2.45) is 0 Å². The standard InChI is InChI=1S/C21H24N6O3S2/c1-5-12-27-20(16-8-10-22-11-9-16)24-25-21(27)31-14-19(28)23-17-7-6-15(2)18(13-17)32(29,30)26(3)4/h5-11,13H,1,12,14H2,2-4H3,(H,23,28). The van der Waals surface area contributed by atoms with Crippen LogP contribution in [0.1, 0.15) is 5.56 Å². The summed E-state index contributed by atoms with van der Waals surface area (Å²) in [4.78, 5) is 16.7. The Bertz CT molecular complexity index is 1220. The van der Waals surface area contributed by atoms with Crippen LogP contribution < -0.4 is 5.32 Å². The molecule has 0 bridgehead atoms. The van der Waals surface area contributed by atoms with Gasteiger partial charge in [0.1, 0.15) is 0 Å². The molecule has 1 N–H and O–H groups in total. The number of amides is 1. The number of carbonyl (C=O) groups excluding carboxylic acids is 1. The molecule has 0 radical (unpaired) electrons. The Morgan fingerprint density at radius 1 is 1.22 bits per heavy atom. The number of benzene rings is 1. The van der Waals surface area contributed by atoms with E-state index in [1.807, 2.05) is 16.7 Å². The molecule has 11 heteroatoms. The van der Waals surface area contributed by atoms with Crippen LogP contribution in [0.3, 0.4) is 0 Å². The lowest BCUT2D eigenvalue weighted by Gasteiger charge is -2.15. The van der Waals surface area contributed by atoms with Crippen LogP contribution >= 0.6 is 11.8 Å². The molecule has 168 valence electrons. The molecule has 2 aromatic heterocycles. The number of nitrogens with zero attached hydrogens (tertiary/aromatic N) is 5. The fourth-order valence-corrected chi connectivity index (χ4v) is 4.78. The molecule has 0 saturated heterocycles. The Labute approximate surface area is 191 Å². The number of hydrogen-bond donors (Lipinski definition) is 1. The Kier molecular flexibility index (Phi) is 7.44. The third kappa shape index (κ3) is 5.23. The van der Waals surface area contributed by atoms with Gasteiger partial charge in [-0.3, -0.25) is 14.3 Å². The largest absolute Gasteiger partial charge is 0.325 e. The summed E-state index contributed by atoms with van der Waals surface area (Å²) in [5.74, 6) is 0.452. The molecule has 0 spiro atoms. The number of pyridine rings is 1. The van der Waals surface area contributed by atoms with E-state index in [9.17, 15) is 13.2 Å². The zero-order valence-corrected chi connectivity index (χ0v) is 19.7. The van der Waals surface area contributed by atoms with Crippen molar-refractivity contribution in [1.82, 2.24) is 24.1 Å². The van der Waals surface area contributed by atoms with E-state index in [1.54, 1.807) is 37.5 Å². The molecule has 3 rings (SSSR count). The van der Waals surface area contributed by atoms with E-state index in [-0.39, 0.29) is 16.6 Å². The van der Waals surface area contributed by atoms with Crippen LogP contribution in [0, 0.1) is 6.92 Å². The average molecular weight is 473 g/mol. The van der Waals surface area contributed by atoms with Gasteiger partial charge in [-0.25, -0.2) is 12.7 Å². The van der Waals surface area contributed by atoms with Crippen LogP contribution in [0.25, 0.3) is 11.4 Å². The molecule has 1 amide bonds. The molecular formula is C21H24N6O3S2. The minimum Gasteiger partial charge on any atom is -0.325 e. The van der Waals surface area contributed by atoms with Crippen molar-refractivity contribution in [3.8, 4) is 11.4 Å². The predicted molar refractivity (Wildman–Crippen MR) is 125 cm³/mol. The first kappa shape index (κ1) is 23.6. The quantitative estimate of drug-likeness (QED) is 0.377. The van der Waals surface area contributed by atoms with E-state index >= 15 is 0 Å². The van der Waals surface area contributed by atoms with Crippen molar-refractivity contribution >= 4 is 33.4 Å². The lowest BCUT2D eigenvalue weighted by molar-refractivity contribution is -0.113. The first-order valence-corrected chi connectivity index (χ1v) is 12.1. The normalized spacial score (nSPS) is 11.5. The Morgan fingerprint density at radius 3 is 2.59 bits per heavy atom. The number of carbonyl (C=O) groups is 1. The molecule has 1 aromatic carbocycles. The molecular weight excluding hydrogens is 448 g/mol. The number of rotatable bonds is 9. The minimum absolute atomic E-state index is 0.0786. The number of aromatic nitrogens is 4. The van der Waals surface area contributed by atoms with Crippen LogP contribution in [0.5, 0.6) is 0 Å². The molecule has 0 fully saturated rings. The van der Waals surface area contributed by atoms with Gasteiger partial charge in [-0.05, 0) is 36.8 Å². The summed E-state index contributed by atoms with van der Waals surface area (Å²) in [5.41, 5.74) is 1.87. The van der Waals surface area contributed by atoms with Crippen LogP contribution in [0.2, 0.25) is 0 Å². The maximum absolute atomic E-state index is 12.5. The third-order valence-electron chi connectivity index (χ3n) is 4.53. The second-order valence-corrected chi connectivity index (χ2v) is 10.1. The SMILES string of the molecule is C=CCn1c(SCC(=O)Nc2ccc(C)c(S(=O)(=O)N(C)C)c2)nnc1-c1ccncc1. The highest BCUT2D eigenvalue weighted by atomic mass is 32.2. The number of nitrogens with one attached hydrogen (secondary N) is 1.